The molecule has 8 heteroatoms. The molecule has 30 heavy (non-hydrogen) atoms. The first-order valence-electron chi connectivity index (χ1n) is 9.08. The van der Waals surface area contributed by atoms with Crippen LogP contribution in [0.4, 0.5) is 21.7 Å². The van der Waals surface area contributed by atoms with Gasteiger partial charge in [0, 0.05) is 18.3 Å². The van der Waals surface area contributed by atoms with Gasteiger partial charge in [-0.3, -0.25) is 9.88 Å². The third kappa shape index (κ3) is 3.55. The SMILES string of the molecule is COc1cc(N(c2cccc(F)c2)c2ncc3ncccc3n2)cc(OC)c1OC. The summed E-state index contributed by atoms with van der Waals surface area (Å²) in [6.45, 7) is 0. The van der Waals surface area contributed by atoms with Gasteiger partial charge in [0.05, 0.1) is 44.4 Å². The summed E-state index contributed by atoms with van der Waals surface area (Å²) in [7, 11) is 4.60. The average molecular weight is 406 g/mol. The molecule has 2 heterocycles. The summed E-state index contributed by atoms with van der Waals surface area (Å²) in [6, 6.07) is 13.3. The zero-order valence-corrected chi connectivity index (χ0v) is 16.7. The van der Waals surface area contributed by atoms with E-state index in [0.29, 0.717) is 45.6 Å². The quantitative estimate of drug-likeness (QED) is 0.461. The van der Waals surface area contributed by atoms with Gasteiger partial charge in [0.15, 0.2) is 11.5 Å². The van der Waals surface area contributed by atoms with Gasteiger partial charge in [0.1, 0.15) is 11.3 Å². The maximum Gasteiger partial charge on any atom is 0.235 e. The lowest BCUT2D eigenvalue weighted by Crippen LogP contribution is -2.14. The van der Waals surface area contributed by atoms with E-state index in [1.807, 2.05) is 6.07 Å². The Morgan fingerprint density at radius 1 is 0.800 bits per heavy atom. The van der Waals surface area contributed by atoms with Crippen molar-refractivity contribution in [3.8, 4) is 17.2 Å². The molecule has 0 saturated heterocycles. The van der Waals surface area contributed by atoms with Crippen LogP contribution in [0.1, 0.15) is 0 Å². The highest BCUT2D eigenvalue weighted by molar-refractivity contribution is 5.80. The Morgan fingerprint density at radius 3 is 2.23 bits per heavy atom. The van der Waals surface area contributed by atoms with Crippen LogP contribution in [0.2, 0.25) is 0 Å². The number of benzene rings is 2. The standard InChI is InChI=1S/C22H19FN4O3/c1-28-19-11-16(12-20(29-2)21(19)30-3)27(15-7-4-6-14(23)10-15)22-25-13-18-17(26-22)8-5-9-24-18/h4-13H,1-3H3. The van der Waals surface area contributed by atoms with Crippen molar-refractivity contribution < 1.29 is 18.6 Å². The Morgan fingerprint density at radius 2 is 1.57 bits per heavy atom. The number of nitrogens with zero attached hydrogens (tertiary/aromatic N) is 4. The van der Waals surface area contributed by atoms with Gasteiger partial charge in [0.2, 0.25) is 11.7 Å². The third-order valence-corrected chi connectivity index (χ3v) is 4.51. The third-order valence-electron chi connectivity index (χ3n) is 4.51. The lowest BCUT2D eigenvalue weighted by molar-refractivity contribution is 0.324. The molecule has 0 amide bonds. The van der Waals surface area contributed by atoms with E-state index >= 15 is 0 Å². The minimum Gasteiger partial charge on any atom is -0.493 e. The van der Waals surface area contributed by atoms with Crippen molar-refractivity contribution in [2.45, 2.75) is 0 Å². The summed E-state index contributed by atoms with van der Waals surface area (Å²) in [5, 5.41) is 0. The van der Waals surface area contributed by atoms with Gasteiger partial charge in [-0.2, -0.15) is 0 Å². The molecule has 2 aromatic heterocycles. The summed E-state index contributed by atoms with van der Waals surface area (Å²) in [6.07, 6.45) is 3.30. The number of aromatic nitrogens is 3. The molecule has 152 valence electrons. The van der Waals surface area contributed by atoms with Crippen molar-refractivity contribution in [2.24, 2.45) is 0 Å². The Labute approximate surface area is 172 Å². The van der Waals surface area contributed by atoms with Gasteiger partial charge in [-0.25, -0.2) is 14.4 Å². The number of hydrogen-bond acceptors (Lipinski definition) is 7. The van der Waals surface area contributed by atoms with Crippen LogP contribution in [0.25, 0.3) is 11.0 Å². The number of fused-ring (bicyclic) bond motifs is 1. The molecule has 0 spiro atoms. The van der Waals surface area contributed by atoms with Crippen molar-refractivity contribution in [3.05, 3.63) is 66.7 Å². The van der Waals surface area contributed by atoms with Gasteiger partial charge in [-0.1, -0.05) is 6.07 Å². The largest absolute Gasteiger partial charge is 0.493 e. The molecule has 4 rings (SSSR count). The smallest absolute Gasteiger partial charge is 0.235 e. The Hall–Kier alpha value is -3.94. The van der Waals surface area contributed by atoms with E-state index in [2.05, 4.69) is 15.0 Å². The molecule has 7 nitrogen and oxygen atoms in total. The molecule has 0 radical (unpaired) electrons. The summed E-state index contributed by atoms with van der Waals surface area (Å²) in [4.78, 5) is 15.1. The Bertz CT molecular complexity index is 1180. The molecule has 0 aliphatic heterocycles. The minimum absolute atomic E-state index is 0.343. The van der Waals surface area contributed by atoms with Gasteiger partial charge >= 0.3 is 0 Å². The topological polar surface area (TPSA) is 69.6 Å². The molecule has 0 N–H and O–H groups in total. The number of hydrogen-bond donors (Lipinski definition) is 0. The molecule has 2 aromatic carbocycles. The molecular formula is C22H19FN4O3. The molecule has 0 atom stereocenters. The molecule has 0 bridgehead atoms. The van der Waals surface area contributed by atoms with Gasteiger partial charge < -0.3 is 14.2 Å². The first-order valence-corrected chi connectivity index (χ1v) is 9.08. The second-order valence-corrected chi connectivity index (χ2v) is 6.28. The summed E-state index contributed by atoms with van der Waals surface area (Å²) < 4.78 is 30.4. The average Bonchev–Trinajstić information content (AvgIpc) is 2.78. The number of methoxy groups -OCH3 is 3. The van der Waals surface area contributed by atoms with E-state index in [1.54, 1.807) is 47.6 Å². The predicted molar refractivity (Wildman–Crippen MR) is 112 cm³/mol. The molecule has 0 aliphatic carbocycles. The first kappa shape index (κ1) is 19.4. The van der Waals surface area contributed by atoms with Crippen LogP contribution >= 0.6 is 0 Å². The van der Waals surface area contributed by atoms with Gasteiger partial charge in [-0.05, 0) is 30.3 Å². The van der Waals surface area contributed by atoms with Gasteiger partial charge in [-0.15, -0.1) is 0 Å². The highest BCUT2D eigenvalue weighted by Gasteiger charge is 2.21. The Kier molecular flexibility index (Phi) is 5.30. The normalized spacial score (nSPS) is 10.7. The molecule has 0 aliphatic rings. The molecular weight excluding hydrogens is 387 g/mol. The number of anilines is 3. The van der Waals surface area contributed by atoms with Crippen LogP contribution in [0.15, 0.2) is 60.9 Å². The summed E-state index contributed by atoms with van der Waals surface area (Å²) in [5.74, 6) is 1.32. The van der Waals surface area contributed by atoms with Crippen LogP contribution in [0, 0.1) is 5.82 Å². The zero-order chi connectivity index (χ0) is 21.1. The van der Waals surface area contributed by atoms with Crippen molar-refractivity contribution in [2.75, 3.05) is 26.2 Å². The molecule has 0 unspecified atom stereocenters. The number of pyridine rings is 1. The second kappa shape index (κ2) is 8.20. The predicted octanol–water partition coefficient (Wildman–Crippen LogP) is 4.66. The number of halogens is 1. The summed E-state index contributed by atoms with van der Waals surface area (Å²) in [5.41, 5.74) is 2.47. The maximum atomic E-state index is 14.1. The molecule has 4 aromatic rings. The zero-order valence-electron chi connectivity index (χ0n) is 16.7. The van der Waals surface area contributed by atoms with E-state index in [0.717, 1.165) is 0 Å². The fourth-order valence-electron chi connectivity index (χ4n) is 3.16. The lowest BCUT2D eigenvalue weighted by Gasteiger charge is -2.25. The van der Waals surface area contributed by atoms with Gasteiger partial charge in [0.25, 0.3) is 0 Å². The number of ether oxygens (including phenoxy) is 3. The van der Waals surface area contributed by atoms with Crippen LogP contribution in [0.5, 0.6) is 17.2 Å². The van der Waals surface area contributed by atoms with E-state index < -0.39 is 0 Å². The van der Waals surface area contributed by atoms with Crippen molar-refractivity contribution in [1.29, 1.82) is 0 Å². The van der Waals surface area contributed by atoms with E-state index in [-0.39, 0.29) is 5.82 Å². The van der Waals surface area contributed by atoms with Crippen molar-refractivity contribution in [3.63, 3.8) is 0 Å². The summed E-state index contributed by atoms with van der Waals surface area (Å²) >= 11 is 0. The fraction of sp³-hybridized carbons (Fsp3) is 0.136. The maximum absolute atomic E-state index is 14.1. The highest BCUT2D eigenvalue weighted by Crippen LogP contribution is 2.44. The second-order valence-electron chi connectivity index (χ2n) is 6.28. The molecule has 0 saturated carbocycles. The minimum atomic E-state index is -0.382. The monoisotopic (exact) mass is 406 g/mol. The first-order chi connectivity index (χ1) is 14.6. The number of rotatable bonds is 6. The highest BCUT2D eigenvalue weighted by atomic mass is 19.1. The van der Waals surface area contributed by atoms with E-state index in [1.165, 1.54) is 33.5 Å². The van der Waals surface area contributed by atoms with E-state index in [4.69, 9.17) is 14.2 Å². The van der Waals surface area contributed by atoms with Crippen LogP contribution in [-0.2, 0) is 0 Å². The Balaban J connectivity index is 1.96. The van der Waals surface area contributed by atoms with E-state index in [9.17, 15) is 4.39 Å². The lowest BCUT2D eigenvalue weighted by atomic mass is 10.2. The van der Waals surface area contributed by atoms with Crippen LogP contribution in [-0.4, -0.2) is 36.3 Å². The molecule has 0 fully saturated rings. The van der Waals surface area contributed by atoms with Crippen molar-refractivity contribution >= 4 is 28.4 Å². The van der Waals surface area contributed by atoms with Crippen molar-refractivity contribution in [1.82, 2.24) is 15.0 Å². The van der Waals surface area contributed by atoms with Crippen LogP contribution < -0.4 is 19.1 Å². The fourth-order valence-corrected chi connectivity index (χ4v) is 3.16. The van der Waals surface area contributed by atoms with Crippen LogP contribution in [0.3, 0.4) is 0 Å².